The maximum atomic E-state index is 10.2. The van der Waals surface area contributed by atoms with Crippen LogP contribution < -0.4 is 5.73 Å². The number of aliphatic hydroxyl groups excluding tert-OH is 1. The van der Waals surface area contributed by atoms with Crippen LogP contribution >= 0.6 is 0 Å². The van der Waals surface area contributed by atoms with E-state index in [0.717, 1.165) is 48.9 Å². The summed E-state index contributed by atoms with van der Waals surface area (Å²) in [7, 11) is 0. The van der Waals surface area contributed by atoms with Gasteiger partial charge in [0.15, 0.2) is 0 Å². The lowest BCUT2D eigenvalue weighted by Gasteiger charge is -2.61. The number of fused-ring (bicyclic) bond motifs is 5. The summed E-state index contributed by atoms with van der Waals surface area (Å²) in [4.78, 5) is 5.15. The van der Waals surface area contributed by atoms with Gasteiger partial charge in [-0.1, -0.05) is 19.0 Å². The van der Waals surface area contributed by atoms with Crippen LogP contribution in [0, 0.1) is 40.4 Å². The fourth-order valence-corrected chi connectivity index (χ4v) is 8.30. The maximum absolute atomic E-state index is 10.2. The first kappa shape index (κ1) is 20.7. The van der Waals surface area contributed by atoms with E-state index < -0.39 is 0 Å². The van der Waals surface area contributed by atoms with Gasteiger partial charge >= 0.3 is 0 Å². The van der Waals surface area contributed by atoms with Crippen molar-refractivity contribution in [3.63, 3.8) is 0 Å². The van der Waals surface area contributed by atoms with Gasteiger partial charge in [-0.25, -0.2) is 0 Å². The molecular formula is C24H42N2O2. The standard InChI is InChI=1S/C24H42N2O2/c1-23-12-10-22-20(7-5-18-16-19(27)9-11-24(18,22)2)21(23)8-6-17(23)4-3-14-26-28-15-13-25/h14,17-22,27H,3-13,15-16,25H2,1-2H3/t17?,18?,19?,20-,21-,22+,23+,24-/m0/s1. The van der Waals surface area contributed by atoms with Crippen LogP contribution in [0.2, 0.25) is 0 Å². The monoisotopic (exact) mass is 390 g/mol. The summed E-state index contributed by atoms with van der Waals surface area (Å²) >= 11 is 0. The molecule has 0 heterocycles. The van der Waals surface area contributed by atoms with E-state index in [1.807, 2.05) is 6.21 Å². The van der Waals surface area contributed by atoms with Gasteiger partial charge in [-0.15, -0.1) is 0 Å². The second kappa shape index (κ2) is 8.26. The van der Waals surface area contributed by atoms with Crippen molar-refractivity contribution in [1.29, 1.82) is 0 Å². The summed E-state index contributed by atoms with van der Waals surface area (Å²) in [5.41, 5.74) is 6.46. The first-order valence-electron chi connectivity index (χ1n) is 12.0. The Morgan fingerprint density at radius 2 is 1.82 bits per heavy atom. The second-order valence-electron chi connectivity index (χ2n) is 10.9. The molecule has 160 valence electrons. The third-order valence-electron chi connectivity index (χ3n) is 9.84. The minimum atomic E-state index is -0.0326. The summed E-state index contributed by atoms with van der Waals surface area (Å²) in [5.74, 6) is 4.37. The predicted molar refractivity (Wildman–Crippen MR) is 114 cm³/mol. The molecular weight excluding hydrogens is 348 g/mol. The Morgan fingerprint density at radius 1 is 1.04 bits per heavy atom. The van der Waals surface area contributed by atoms with Crippen molar-refractivity contribution in [2.24, 2.45) is 51.3 Å². The number of nitrogens with two attached hydrogens (primary N) is 1. The van der Waals surface area contributed by atoms with Crippen LogP contribution in [-0.2, 0) is 4.84 Å². The number of hydrogen-bond acceptors (Lipinski definition) is 4. The van der Waals surface area contributed by atoms with E-state index in [2.05, 4.69) is 19.0 Å². The van der Waals surface area contributed by atoms with Crippen molar-refractivity contribution in [3.8, 4) is 0 Å². The van der Waals surface area contributed by atoms with Gasteiger partial charge in [0.1, 0.15) is 6.61 Å². The number of aliphatic hydroxyl groups is 1. The lowest BCUT2D eigenvalue weighted by atomic mass is 9.44. The molecule has 4 heteroatoms. The first-order valence-corrected chi connectivity index (χ1v) is 12.0. The molecule has 4 aliphatic rings. The molecule has 8 atom stereocenters. The Labute approximate surface area is 171 Å². The number of rotatable bonds is 6. The van der Waals surface area contributed by atoms with Crippen molar-refractivity contribution in [3.05, 3.63) is 0 Å². The fraction of sp³-hybridized carbons (Fsp3) is 0.958. The van der Waals surface area contributed by atoms with Crippen LogP contribution in [0.1, 0.15) is 84.5 Å². The predicted octanol–water partition coefficient (Wildman–Crippen LogP) is 4.75. The van der Waals surface area contributed by atoms with Crippen LogP contribution in [0.5, 0.6) is 0 Å². The number of nitrogens with zero attached hydrogens (tertiary/aromatic N) is 1. The molecule has 3 unspecified atom stereocenters. The van der Waals surface area contributed by atoms with Crippen molar-refractivity contribution < 1.29 is 9.94 Å². The van der Waals surface area contributed by atoms with Gasteiger partial charge < -0.3 is 15.7 Å². The third kappa shape index (κ3) is 3.53. The highest BCUT2D eigenvalue weighted by Crippen LogP contribution is 2.67. The zero-order chi connectivity index (χ0) is 19.8. The third-order valence-corrected chi connectivity index (χ3v) is 9.84. The molecule has 0 aromatic rings. The largest absolute Gasteiger partial charge is 0.395 e. The second-order valence-corrected chi connectivity index (χ2v) is 10.9. The van der Waals surface area contributed by atoms with Gasteiger partial charge in [0.2, 0.25) is 0 Å². The van der Waals surface area contributed by atoms with E-state index in [9.17, 15) is 5.11 Å². The first-order chi connectivity index (χ1) is 13.5. The molecule has 4 saturated carbocycles. The molecule has 4 aliphatic carbocycles. The van der Waals surface area contributed by atoms with E-state index in [4.69, 9.17) is 10.6 Å². The minimum absolute atomic E-state index is 0.0326. The van der Waals surface area contributed by atoms with E-state index >= 15 is 0 Å². The quantitative estimate of drug-likeness (QED) is 0.391. The highest BCUT2D eigenvalue weighted by atomic mass is 16.6. The molecule has 4 rings (SSSR count). The molecule has 0 amide bonds. The molecule has 28 heavy (non-hydrogen) atoms. The zero-order valence-electron chi connectivity index (χ0n) is 18.1. The Hall–Kier alpha value is -0.610. The van der Waals surface area contributed by atoms with Gasteiger partial charge in [-0.05, 0) is 111 Å². The molecule has 0 bridgehead atoms. The minimum Gasteiger partial charge on any atom is -0.395 e. The summed E-state index contributed by atoms with van der Waals surface area (Å²) in [6.07, 6.45) is 16.0. The van der Waals surface area contributed by atoms with Crippen LogP contribution in [-0.4, -0.2) is 30.6 Å². The Bertz CT molecular complexity index is 567. The normalized spacial score (nSPS) is 48.1. The van der Waals surface area contributed by atoms with E-state index in [1.165, 1.54) is 51.4 Å². The highest BCUT2D eigenvalue weighted by molar-refractivity contribution is 5.56. The number of hydrogen-bond donors (Lipinski definition) is 2. The van der Waals surface area contributed by atoms with Gasteiger partial charge in [0.25, 0.3) is 0 Å². The van der Waals surface area contributed by atoms with Crippen LogP contribution in [0.25, 0.3) is 0 Å². The molecule has 4 fully saturated rings. The molecule has 0 aliphatic heterocycles. The van der Waals surface area contributed by atoms with E-state index in [-0.39, 0.29) is 6.10 Å². The van der Waals surface area contributed by atoms with Crippen LogP contribution in [0.4, 0.5) is 0 Å². The molecule has 0 aromatic carbocycles. The summed E-state index contributed by atoms with van der Waals surface area (Å²) in [6.45, 7) is 6.25. The van der Waals surface area contributed by atoms with Gasteiger partial charge in [-0.2, -0.15) is 0 Å². The summed E-state index contributed by atoms with van der Waals surface area (Å²) in [6, 6.07) is 0. The molecule has 0 aromatic heterocycles. The Balaban J connectivity index is 1.40. The lowest BCUT2D eigenvalue weighted by Crippen LogP contribution is -2.53. The molecule has 0 radical (unpaired) electrons. The highest BCUT2D eigenvalue weighted by Gasteiger charge is 2.59. The maximum Gasteiger partial charge on any atom is 0.129 e. The van der Waals surface area contributed by atoms with Crippen LogP contribution in [0.3, 0.4) is 0 Å². The van der Waals surface area contributed by atoms with Gasteiger partial charge in [0, 0.05) is 12.8 Å². The fourth-order valence-electron chi connectivity index (χ4n) is 8.30. The summed E-state index contributed by atoms with van der Waals surface area (Å²) in [5, 5.41) is 14.3. The van der Waals surface area contributed by atoms with Crippen molar-refractivity contribution in [2.75, 3.05) is 13.2 Å². The Kier molecular flexibility index (Phi) is 6.09. The molecule has 3 N–H and O–H groups in total. The zero-order valence-corrected chi connectivity index (χ0v) is 18.1. The SMILES string of the molecule is C[C@]12CCC(O)CC1CC[C@@H]1[C@H]2CC[C@]2(C)C(CCC=NOCCN)CC[C@@H]12. The number of oxime groups is 1. The van der Waals surface area contributed by atoms with Crippen molar-refractivity contribution in [1.82, 2.24) is 0 Å². The van der Waals surface area contributed by atoms with Crippen molar-refractivity contribution in [2.45, 2.75) is 90.6 Å². The average Bonchev–Trinajstić information content (AvgIpc) is 3.01. The van der Waals surface area contributed by atoms with E-state index in [0.29, 0.717) is 24.0 Å². The summed E-state index contributed by atoms with van der Waals surface area (Å²) < 4.78 is 0. The molecule has 4 nitrogen and oxygen atoms in total. The topological polar surface area (TPSA) is 67.8 Å². The van der Waals surface area contributed by atoms with Gasteiger partial charge in [-0.3, -0.25) is 0 Å². The smallest absolute Gasteiger partial charge is 0.129 e. The lowest BCUT2D eigenvalue weighted by molar-refractivity contribution is -0.126. The van der Waals surface area contributed by atoms with Crippen LogP contribution in [0.15, 0.2) is 5.16 Å². The average molecular weight is 391 g/mol. The Morgan fingerprint density at radius 3 is 2.64 bits per heavy atom. The van der Waals surface area contributed by atoms with Crippen molar-refractivity contribution >= 4 is 6.21 Å². The van der Waals surface area contributed by atoms with E-state index in [1.54, 1.807) is 0 Å². The molecule has 0 saturated heterocycles. The van der Waals surface area contributed by atoms with Gasteiger partial charge in [0.05, 0.1) is 6.10 Å². The molecule has 0 spiro atoms.